The molecule has 0 aliphatic heterocycles. The molecule has 98 valence electrons. The van der Waals surface area contributed by atoms with E-state index in [0.29, 0.717) is 16.8 Å². The molecule has 0 amide bonds. The van der Waals surface area contributed by atoms with Crippen LogP contribution in [0.1, 0.15) is 21.5 Å². The molecular formula is C15H13F2NO. The van der Waals surface area contributed by atoms with Crippen molar-refractivity contribution in [1.82, 2.24) is 0 Å². The van der Waals surface area contributed by atoms with Crippen molar-refractivity contribution in [2.45, 2.75) is 13.3 Å². The molecule has 2 rings (SSSR count). The van der Waals surface area contributed by atoms with E-state index in [-0.39, 0.29) is 17.8 Å². The molecule has 2 aromatic rings. The van der Waals surface area contributed by atoms with E-state index >= 15 is 0 Å². The molecule has 0 spiro atoms. The minimum Gasteiger partial charge on any atom is -0.398 e. The van der Waals surface area contributed by atoms with Gasteiger partial charge in [0.15, 0.2) is 5.78 Å². The van der Waals surface area contributed by atoms with Crippen molar-refractivity contribution in [2.24, 2.45) is 0 Å². The largest absolute Gasteiger partial charge is 0.398 e. The molecule has 0 aliphatic rings. The fourth-order valence-corrected chi connectivity index (χ4v) is 1.90. The van der Waals surface area contributed by atoms with Crippen LogP contribution in [0, 0.1) is 18.6 Å². The zero-order chi connectivity index (χ0) is 14.0. The van der Waals surface area contributed by atoms with Crippen LogP contribution in [0.4, 0.5) is 14.5 Å². The maximum absolute atomic E-state index is 13.5. The Hall–Kier alpha value is -2.23. The first-order chi connectivity index (χ1) is 8.99. The smallest absolute Gasteiger partial charge is 0.167 e. The van der Waals surface area contributed by atoms with E-state index in [1.54, 1.807) is 25.1 Å². The van der Waals surface area contributed by atoms with Crippen molar-refractivity contribution >= 4 is 11.5 Å². The molecule has 0 heterocycles. The van der Waals surface area contributed by atoms with Gasteiger partial charge >= 0.3 is 0 Å². The van der Waals surface area contributed by atoms with E-state index in [4.69, 9.17) is 5.73 Å². The number of hydrogen-bond acceptors (Lipinski definition) is 2. The quantitative estimate of drug-likeness (QED) is 0.680. The van der Waals surface area contributed by atoms with Crippen LogP contribution in [0.3, 0.4) is 0 Å². The summed E-state index contributed by atoms with van der Waals surface area (Å²) in [6.07, 6.45) is -0.187. The van der Waals surface area contributed by atoms with Crippen LogP contribution in [-0.4, -0.2) is 5.78 Å². The van der Waals surface area contributed by atoms with E-state index in [1.807, 2.05) is 0 Å². The molecular weight excluding hydrogens is 248 g/mol. The highest BCUT2D eigenvalue weighted by Crippen LogP contribution is 2.19. The summed E-state index contributed by atoms with van der Waals surface area (Å²) in [6, 6.07) is 8.06. The van der Waals surface area contributed by atoms with E-state index in [0.717, 1.165) is 18.2 Å². The van der Waals surface area contributed by atoms with Crippen molar-refractivity contribution in [3.05, 3.63) is 64.7 Å². The van der Waals surface area contributed by atoms with E-state index in [2.05, 4.69) is 0 Å². The van der Waals surface area contributed by atoms with Gasteiger partial charge in [0.25, 0.3) is 0 Å². The lowest BCUT2D eigenvalue weighted by Crippen LogP contribution is -2.08. The second kappa shape index (κ2) is 5.18. The van der Waals surface area contributed by atoms with Crippen LogP contribution in [0.25, 0.3) is 0 Å². The Kier molecular flexibility index (Phi) is 3.60. The van der Waals surface area contributed by atoms with Gasteiger partial charge in [-0.1, -0.05) is 12.1 Å². The van der Waals surface area contributed by atoms with Gasteiger partial charge in [0.2, 0.25) is 0 Å². The molecule has 2 nitrogen and oxygen atoms in total. The average molecular weight is 261 g/mol. The number of carbonyl (C=O) groups excluding carboxylic acids is 1. The predicted octanol–water partition coefficient (Wildman–Crippen LogP) is 3.28. The molecule has 0 atom stereocenters. The molecule has 2 aromatic carbocycles. The number of carbonyl (C=O) groups is 1. The maximum atomic E-state index is 13.5. The Balaban J connectivity index is 2.31. The zero-order valence-electron chi connectivity index (χ0n) is 10.4. The second-order valence-electron chi connectivity index (χ2n) is 4.36. The summed E-state index contributed by atoms with van der Waals surface area (Å²) in [6.45, 7) is 1.73. The summed E-state index contributed by atoms with van der Waals surface area (Å²) in [4.78, 5) is 12.1. The first-order valence-electron chi connectivity index (χ1n) is 5.81. The molecule has 0 fully saturated rings. The van der Waals surface area contributed by atoms with Gasteiger partial charge in [0.1, 0.15) is 11.6 Å². The summed E-state index contributed by atoms with van der Waals surface area (Å²) in [7, 11) is 0. The number of anilines is 1. The van der Waals surface area contributed by atoms with Gasteiger partial charge in [-0.05, 0) is 42.3 Å². The van der Waals surface area contributed by atoms with Gasteiger partial charge < -0.3 is 5.73 Å². The SMILES string of the molecule is Cc1c(N)cccc1C(=O)Cc1cc(F)ccc1F. The van der Waals surface area contributed by atoms with E-state index in [9.17, 15) is 13.6 Å². The first-order valence-corrected chi connectivity index (χ1v) is 5.81. The Labute approximate surface area is 109 Å². The second-order valence-corrected chi connectivity index (χ2v) is 4.36. The number of halogens is 2. The van der Waals surface area contributed by atoms with Crippen molar-refractivity contribution in [2.75, 3.05) is 5.73 Å². The van der Waals surface area contributed by atoms with Crippen LogP contribution >= 0.6 is 0 Å². The number of Topliss-reactive ketones (excluding diaryl/α,β-unsaturated/α-hetero) is 1. The topological polar surface area (TPSA) is 43.1 Å². The first kappa shape index (κ1) is 13.2. The monoisotopic (exact) mass is 261 g/mol. The predicted molar refractivity (Wildman–Crippen MR) is 70.0 cm³/mol. The summed E-state index contributed by atoms with van der Waals surface area (Å²) in [5.41, 5.74) is 7.36. The number of benzene rings is 2. The number of hydrogen-bond donors (Lipinski definition) is 1. The fourth-order valence-electron chi connectivity index (χ4n) is 1.90. The molecule has 0 aliphatic carbocycles. The van der Waals surface area contributed by atoms with Gasteiger partial charge in [0.05, 0.1) is 0 Å². The number of nitrogen functional groups attached to an aromatic ring is 1. The van der Waals surface area contributed by atoms with Crippen molar-refractivity contribution < 1.29 is 13.6 Å². The Morgan fingerprint density at radius 1 is 1.21 bits per heavy atom. The van der Waals surface area contributed by atoms with Gasteiger partial charge in [-0.3, -0.25) is 4.79 Å². The molecule has 0 aromatic heterocycles. The van der Waals surface area contributed by atoms with Gasteiger partial charge in [-0.2, -0.15) is 0 Å². The van der Waals surface area contributed by atoms with Crippen molar-refractivity contribution in [3.63, 3.8) is 0 Å². The summed E-state index contributed by atoms with van der Waals surface area (Å²) >= 11 is 0. The van der Waals surface area contributed by atoms with Gasteiger partial charge in [0, 0.05) is 17.7 Å². The summed E-state index contributed by atoms with van der Waals surface area (Å²) in [5.74, 6) is -1.43. The molecule has 0 unspecified atom stereocenters. The number of ketones is 1. The third-order valence-electron chi connectivity index (χ3n) is 3.03. The summed E-state index contributed by atoms with van der Waals surface area (Å²) in [5, 5.41) is 0. The number of rotatable bonds is 3. The van der Waals surface area contributed by atoms with E-state index < -0.39 is 11.6 Å². The Bertz CT molecular complexity index is 638. The van der Waals surface area contributed by atoms with E-state index in [1.165, 1.54) is 0 Å². The van der Waals surface area contributed by atoms with Crippen LogP contribution in [0.5, 0.6) is 0 Å². The molecule has 0 saturated carbocycles. The maximum Gasteiger partial charge on any atom is 0.167 e. The Morgan fingerprint density at radius 2 is 1.95 bits per heavy atom. The van der Waals surface area contributed by atoms with Crippen LogP contribution < -0.4 is 5.73 Å². The van der Waals surface area contributed by atoms with Gasteiger partial charge in [-0.25, -0.2) is 8.78 Å². The van der Waals surface area contributed by atoms with Crippen molar-refractivity contribution in [1.29, 1.82) is 0 Å². The molecule has 0 bridgehead atoms. The average Bonchev–Trinajstić information content (AvgIpc) is 2.37. The van der Waals surface area contributed by atoms with Crippen LogP contribution in [0.15, 0.2) is 36.4 Å². The fraction of sp³-hybridized carbons (Fsp3) is 0.133. The lowest BCUT2D eigenvalue weighted by atomic mass is 9.98. The van der Waals surface area contributed by atoms with Gasteiger partial charge in [-0.15, -0.1) is 0 Å². The Morgan fingerprint density at radius 3 is 2.68 bits per heavy atom. The minimum atomic E-state index is -0.587. The highest BCUT2D eigenvalue weighted by molar-refractivity contribution is 5.99. The highest BCUT2D eigenvalue weighted by atomic mass is 19.1. The molecule has 0 saturated heterocycles. The minimum absolute atomic E-state index is 0.0480. The zero-order valence-corrected chi connectivity index (χ0v) is 10.4. The normalized spacial score (nSPS) is 10.5. The third kappa shape index (κ3) is 2.78. The lowest BCUT2D eigenvalue weighted by Gasteiger charge is -2.08. The molecule has 2 N–H and O–H groups in total. The highest BCUT2D eigenvalue weighted by Gasteiger charge is 2.14. The molecule has 0 radical (unpaired) electrons. The van der Waals surface area contributed by atoms with Crippen LogP contribution in [-0.2, 0) is 6.42 Å². The molecule has 4 heteroatoms. The summed E-state index contributed by atoms with van der Waals surface area (Å²) < 4.78 is 26.5. The van der Waals surface area contributed by atoms with Crippen LogP contribution in [0.2, 0.25) is 0 Å². The third-order valence-corrected chi connectivity index (χ3v) is 3.03. The number of nitrogens with two attached hydrogens (primary N) is 1. The standard InChI is InChI=1S/C15H13F2NO/c1-9-12(3-2-4-14(9)18)15(19)8-10-7-11(16)5-6-13(10)17/h2-7H,8,18H2,1H3. The van der Waals surface area contributed by atoms with Crippen molar-refractivity contribution in [3.8, 4) is 0 Å². The lowest BCUT2D eigenvalue weighted by molar-refractivity contribution is 0.0991. The molecule has 19 heavy (non-hydrogen) atoms.